The second-order valence-electron chi connectivity index (χ2n) is 5.03. The van der Waals surface area contributed by atoms with Gasteiger partial charge in [0.2, 0.25) is 0 Å². The maximum absolute atomic E-state index is 13.6. The summed E-state index contributed by atoms with van der Waals surface area (Å²) in [4.78, 5) is 12.1. The summed E-state index contributed by atoms with van der Waals surface area (Å²) in [6.45, 7) is 4.46. The Bertz CT molecular complexity index is 747. The number of benzene rings is 1. The van der Waals surface area contributed by atoms with Gasteiger partial charge in [-0.3, -0.25) is 9.13 Å². The van der Waals surface area contributed by atoms with Crippen molar-refractivity contribution < 1.29 is 4.39 Å². The largest absolute Gasteiger partial charge is 0.328 e. The number of imidazole rings is 1. The summed E-state index contributed by atoms with van der Waals surface area (Å²) in [6.07, 6.45) is 3.49. The summed E-state index contributed by atoms with van der Waals surface area (Å²) in [5.74, 6) is 4.94. The molecule has 0 unspecified atom stereocenters. The summed E-state index contributed by atoms with van der Waals surface area (Å²) in [5, 5.41) is 0. The molecule has 1 heterocycles. The molecule has 0 amide bonds. The molecule has 110 valence electrons. The Labute approximate surface area is 123 Å². The lowest BCUT2D eigenvalue weighted by molar-refractivity contribution is 0.561. The standard InChI is InChI=1S/C16H18FN3O/c1-12(2)20-9-8-19(16(20)21)11-13-5-6-15(17)14(10-13)4-3-7-18/h5-6,8-10,12H,7,11,18H2,1-2H3. The van der Waals surface area contributed by atoms with E-state index < -0.39 is 0 Å². The van der Waals surface area contributed by atoms with Gasteiger partial charge in [-0.05, 0) is 31.5 Å². The van der Waals surface area contributed by atoms with E-state index in [1.165, 1.54) is 6.07 Å². The highest BCUT2D eigenvalue weighted by atomic mass is 19.1. The third kappa shape index (κ3) is 3.41. The molecule has 2 aromatic rings. The minimum atomic E-state index is -0.383. The lowest BCUT2D eigenvalue weighted by Gasteiger charge is -2.06. The van der Waals surface area contributed by atoms with Gasteiger partial charge in [-0.2, -0.15) is 0 Å². The van der Waals surface area contributed by atoms with Gasteiger partial charge in [-0.15, -0.1) is 0 Å². The minimum absolute atomic E-state index is 0.0797. The zero-order chi connectivity index (χ0) is 15.4. The van der Waals surface area contributed by atoms with E-state index in [1.807, 2.05) is 13.8 Å². The van der Waals surface area contributed by atoms with Crippen molar-refractivity contribution in [3.05, 3.63) is 58.0 Å². The van der Waals surface area contributed by atoms with Crippen LogP contribution in [0.5, 0.6) is 0 Å². The highest BCUT2D eigenvalue weighted by molar-refractivity contribution is 5.38. The average Bonchev–Trinajstić information content (AvgIpc) is 2.81. The molecule has 0 atom stereocenters. The van der Waals surface area contributed by atoms with Gasteiger partial charge in [0.1, 0.15) is 5.82 Å². The third-order valence-electron chi connectivity index (χ3n) is 3.14. The smallest absolute Gasteiger partial charge is 0.320 e. The predicted molar refractivity (Wildman–Crippen MR) is 80.5 cm³/mol. The highest BCUT2D eigenvalue weighted by Gasteiger charge is 2.08. The van der Waals surface area contributed by atoms with Crippen LogP contribution < -0.4 is 11.4 Å². The summed E-state index contributed by atoms with van der Waals surface area (Å²) >= 11 is 0. The fourth-order valence-electron chi connectivity index (χ4n) is 2.05. The molecule has 0 spiro atoms. The second kappa shape index (κ2) is 6.42. The Morgan fingerprint density at radius 3 is 2.71 bits per heavy atom. The molecule has 0 aliphatic heterocycles. The molecule has 0 fully saturated rings. The zero-order valence-corrected chi connectivity index (χ0v) is 12.1. The van der Waals surface area contributed by atoms with Crippen molar-refractivity contribution >= 4 is 0 Å². The van der Waals surface area contributed by atoms with Gasteiger partial charge in [0.05, 0.1) is 18.7 Å². The quantitative estimate of drug-likeness (QED) is 0.874. The van der Waals surface area contributed by atoms with Crippen LogP contribution in [0.3, 0.4) is 0 Å². The van der Waals surface area contributed by atoms with E-state index in [1.54, 1.807) is 33.7 Å². The van der Waals surface area contributed by atoms with E-state index in [2.05, 4.69) is 11.8 Å². The first-order valence-electron chi connectivity index (χ1n) is 6.77. The minimum Gasteiger partial charge on any atom is -0.320 e. The first-order valence-corrected chi connectivity index (χ1v) is 6.77. The number of nitrogens with zero attached hydrogens (tertiary/aromatic N) is 2. The van der Waals surface area contributed by atoms with Crippen LogP contribution in [0.1, 0.15) is 31.0 Å². The SMILES string of the molecule is CC(C)n1ccn(Cc2ccc(F)c(C#CCN)c2)c1=O. The van der Waals surface area contributed by atoms with Gasteiger partial charge in [0.15, 0.2) is 0 Å². The van der Waals surface area contributed by atoms with Crippen LogP contribution in [0.4, 0.5) is 4.39 Å². The van der Waals surface area contributed by atoms with Gasteiger partial charge in [0.25, 0.3) is 0 Å². The Kier molecular flexibility index (Phi) is 4.61. The normalized spacial score (nSPS) is 10.5. The molecular weight excluding hydrogens is 269 g/mol. The van der Waals surface area contributed by atoms with E-state index in [4.69, 9.17) is 5.73 Å². The average molecular weight is 287 g/mol. The van der Waals surface area contributed by atoms with E-state index >= 15 is 0 Å². The van der Waals surface area contributed by atoms with Crippen molar-refractivity contribution in [3.8, 4) is 11.8 Å². The van der Waals surface area contributed by atoms with Crippen molar-refractivity contribution in [1.82, 2.24) is 9.13 Å². The number of aromatic nitrogens is 2. The van der Waals surface area contributed by atoms with Crippen LogP contribution in [0, 0.1) is 17.7 Å². The van der Waals surface area contributed by atoms with Gasteiger partial charge in [0, 0.05) is 18.4 Å². The van der Waals surface area contributed by atoms with Crippen LogP contribution in [-0.2, 0) is 6.54 Å². The highest BCUT2D eigenvalue weighted by Crippen LogP contribution is 2.11. The summed E-state index contributed by atoms with van der Waals surface area (Å²) in [6, 6.07) is 4.78. The summed E-state index contributed by atoms with van der Waals surface area (Å²) in [7, 11) is 0. The molecule has 0 aliphatic rings. The van der Waals surface area contributed by atoms with Crippen molar-refractivity contribution in [1.29, 1.82) is 0 Å². The number of hydrogen-bond donors (Lipinski definition) is 1. The maximum Gasteiger partial charge on any atom is 0.328 e. The first kappa shape index (κ1) is 15.1. The van der Waals surface area contributed by atoms with Crippen molar-refractivity contribution in [3.63, 3.8) is 0 Å². The maximum atomic E-state index is 13.6. The Balaban J connectivity index is 2.30. The van der Waals surface area contributed by atoms with E-state index in [9.17, 15) is 9.18 Å². The fourth-order valence-corrected chi connectivity index (χ4v) is 2.05. The fraction of sp³-hybridized carbons (Fsp3) is 0.312. The molecule has 0 radical (unpaired) electrons. The monoisotopic (exact) mass is 287 g/mol. The Morgan fingerprint density at radius 1 is 1.33 bits per heavy atom. The summed E-state index contributed by atoms with van der Waals surface area (Å²) < 4.78 is 16.8. The Morgan fingerprint density at radius 2 is 2.10 bits per heavy atom. The number of hydrogen-bond acceptors (Lipinski definition) is 2. The first-order chi connectivity index (χ1) is 10.0. The molecular formula is C16H18FN3O. The molecule has 1 aromatic carbocycles. The van der Waals surface area contributed by atoms with Gasteiger partial charge in [-0.1, -0.05) is 17.9 Å². The van der Waals surface area contributed by atoms with Crippen molar-refractivity contribution in [2.24, 2.45) is 5.73 Å². The number of halogens is 1. The molecule has 1 aromatic heterocycles. The predicted octanol–water partition coefficient (Wildman–Crippen LogP) is 1.73. The van der Waals surface area contributed by atoms with Crippen LogP contribution in [0.25, 0.3) is 0 Å². The third-order valence-corrected chi connectivity index (χ3v) is 3.14. The molecule has 21 heavy (non-hydrogen) atoms. The number of rotatable bonds is 3. The molecule has 5 heteroatoms. The van der Waals surface area contributed by atoms with Gasteiger partial charge < -0.3 is 5.73 Å². The molecule has 4 nitrogen and oxygen atoms in total. The van der Waals surface area contributed by atoms with E-state index in [-0.39, 0.29) is 24.1 Å². The Hall–Kier alpha value is -2.32. The van der Waals surface area contributed by atoms with E-state index in [0.717, 1.165) is 5.56 Å². The van der Waals surface area contributed by atoms with E-state index in [0.29, 0.717) is 12.1 Å². The molecule has 0 aliphatic carbocycles. The molecule has 2 rings (SSSR count). The van der Waals surface area contributed by atoms with Crippen molar-refractivity contribution in [2.45, 2.75) is 26.4 Å². The van der Waals surface area contributed by atoms with Crippen LogP contribution in [-0.4, -0.2) is 15.7 Å². The molecule has 0 bridgehead atoms. The lowest BCUT2D eigenvalue weighted by Crippen LogP contribution is -2.25. The molecule has 0 saturated carbocycles. The van der Waals surface area contributed by atoms with Gasteiger partial charge >= 0.3 is 5.69 Å². The molecule has 0 saturated heterocycles. The van der Waals surface area contributed by atoms with Gasteiger partial charge in [-0.25, -0.2) is 9.18 Å². The van der Waals surface area contributed by atoms with Crippen molar-refractivity contribution in [2.75, 3.05) is 6.54 Å². The summed E-state index contributed by atoms with van der Waals surface area (Å²) in [5.41, 5.74) is 6.34. The van der Waals surface area contributed by atoms with Crippen LogP contribution >= 0.6 is 0 Å². The van der Waals surface area contributed by atoms with Crippen LogP contribution in [0.2, 0.25) is 0 Å². The molecule has 2 N–H and O–H groups in total. The zero-order valence-electron chi connectivity index (χ0n) is 12.1. The second-order valence-corrected chi connectivity index (χ2v) is 5.03. The lowest BCUT2D eigenvalue weighted by atomic mass is 10.1. The van der Waals surface area contributed by atoms with Crippen LogP contribution in [0.15, 0.2) is 35.4 Å². The topological polar surface area (TPSA) is 52.9 Å². The number of nitrogens with two attached hydrogens (primary N) is 1.